The zero-order valence-electron chi connectivity index (χ0n) is 11.0. The van der Waals surface area contributed by atoms with Gasteiger partial charge in [-0.2, -0.15) is 0 Å². The molecule has 0 radical (unpaired) electrons. The Hall–Kier alpha value is -2.11. The largest absolute Gasteiger partial charge is 0.389 e. The third-order valence-corrected chi connectivity index (χ3v) is 3.82. The lowest BCUT2D eigenvalue weighted by Crippen LogP contribution is -2.36. The Morgan fingerprint density at radius 2 is 1.90 bits per heavy atom. The van der Waals surface area contributed by atoms with Gasteiger partial charge in [0.1, 0.15) is 11.5 Å². The molecule has 0 aromatic heterocycles. The maximum atomic E-state index is 11.9. The quantitative estimate of drug-likeness (QED) is 0.836. The molecule has 3 N–H and O–H groups in total. The third-order valence-electron chi connectivity index (χ3n) is 3.30. The second-order valence-electron chi connectivity index (χ2n) is 4.65. The SMILES string of the molecule is NC(=S)c1c(Cl)cccc1N1CC(=O)Nc2ccccc21. The summed E-state index contributed by atoms with van der Waals surface area (Å²) in [4.78, 5) is 14.0. The molecule has 0 bridgehead atoms. The van der Waals surface area contributed by atoms with Crippen LogP contribution >= 0.6 is 23.8 Å². The van der Waals surface area contributed by atoms with Gasteiger partial charge in [-0.1, -0.05) is 42.0 Å². The highest BCUT2D eigenvalue weighted by Gasteiger charge is 2.25. The minimum atomic E-state index is -0.0948. The lowest BCUT2D eigenvalue weighted by Gasteiger charge is -2.32. The number of benzene rings is 2. The van der Waals surface area contributed by atoms with Gasteiger partial charge in [0.25, 0.3) is 0 Å². The summed E-state index contributed by atoms with van der Waals surface area (Å²) in [5, 5.41) is 3.32. The zero-order valence-corrected chi connectivity index (χ0v) is 12.5. The molecular weight excluding hydrogens is 306 g/mol. The fraction of sp³-hybridized carbons (Fsp3) is 0.0667. The highest BCUT2D eigenvalue weighted by atomic mass is 35.5. The standard InChI is InChI=1S/C15H12ClN3OS/c16-9-4-3-7-12(14(9)15(17)21)19-8-13(20)18-10-5-1-2-6-11(10)19/h1-7H,8H2,(H2,17,21)(H,18,20). The van der Waals surface area contributed by atoms with Gasteiger partial charge in [0.15, 0.2) is 0 Å². The maximum Gasteiger partial charge on any atom is 0.244 e. The molecule has 1 aliphatic rings. The van der Waals surface area contributed by atoms with Crippen LogP contribution in [0.4, 0.5) is 17.1 Å². The van der Waals surface area contributed by atoms with Gasteiger partial charge in [0, 0.05) is 0 Å². The van der Waals surface area contributed by atoms with Gasteiger partial charge in [-0.05, 0) is 24.3 Å². The molecule has 0 aliphatic carbocycles. The van der Waals surface area contributed by atoms with Crippen molar-refractivity contribution < 1.29 is 4.79 Å². The molecule has 0 spiro atoms. The monoisotopic (exact) mass is 317 g/mol. The van der Waals surface area contributed by atoms with Crippen LogP contribution in [0.2, 0.25) is 5.02 Å². The van der Waals surface area contributed by atoms with Gasteiger partial charge >= 0.3 is 0 Å². The Kier molecular flexibility index (Phi) is 3.53. The van der Waals surface area contributed by atoms with Gasteiger partial charge < -0.3 is 16.0 Å². The van der Waals surface area contributed by atoms with Crippen LogP contribution in [0.1, 0.15) is 5.56 Å². The second-order valence-corrected chi connectivity index (χ2v) is 5.50. The summed E-state index contributed by atoms with van der Waals surface area (Å²) in [5.41, 5.74) is 8.75. The van der Waals surface area contributed by atoms with E-state index in [0.717, 1.165) is 17.1 Å². The van der Waals surface area contributed by atoms with Crippen LogP contribution in [-0.4, -0.2) is 17.4 Å². The molecule has 2 aromatic rings. The summed E-state index contributed by atoms with van der Waals surface area (Å²) >= 11 is 11.3. The second kappa shape index (κ2) is 5.35. The van der Waals surface area contributed by atoms with Gasteiger partial charge in [-0.25, -0.2) is 0 Å². The number of amides is 1. The van der Waals surface area contributed by atoms with Crippen molar-refractivity contribution in [3.8, 4) is 0 Å². The molecule has 1 heterocycles. The first-order valence-corrected chi connectivity index (χ1v) is 7.11. The van der Waals surface area contributed by atoms with Crippen molar-refractivity contribution in [3.63, 3.8) is 0 Å². The van der Waals surface area contributed by atoms with Crippen molar-refractivity contribution >= 4 is 51.8 Å². The van der Waals surface area contributed by atoms with E-state index in [9.17, 15) is 4.79 Å². The summed E-state index contributed by atoms with van der Waals surface area (Å²) in [6.45, 7) is 0.187. The number of halogens is 1. The van der Waals surface area contributed by atoms with Crippen LogP contribution in [0.15, 0.2) is 42.5 Å². The van der Waals surface area contributed by atoms with E-state index in [1.165, 1.54) is 0 Å². The molecule has 2 aromatic carbocycles. The number of carbonyl (C=O) groups excluding carboxylic acids is 1. The van der Waals surface area contributed by atoms with Crippen LogP contribution < -0.4 is 16.0 Å². The molecule has 3 rings (SSSR count). The van der Waals surface area contributed by atoms with E-state index in [1.807, 2.05) is 41.3 Å². The number of thiocarbonyl (C=S) groups is 1. The lowest BCUT2D eigenvalue weighted by molar-refractivity contribution is -0.115. The van der Waals surface area contributed by atoms with E-state index < -0.39 is 0 Å². The van der Waals surface area contributed by atoms with E-state index in [0.29, 0.717) is 10.6 Å². The van der Waals surface area contributed by atoms with Crippen molar-refractivity contribution in [2.75, 3.05) is 16.8 Å². The maximum absolute atomic E-state index is 11.9. The molecule has 0 fully saturated rings. The van der Waals surface area contributed by atoms with Crippen LogP contribution in [-0.2, 0) is 4.79 Å². The Morgan fingerprint density at radius 1 is 1.19 bits per heavy atom. The number of nitrogens with one attached hydrogen (secondary N) is 1. The Labute approximate surface area is 132 Å². The van der Waals surface area contributed by atoms with E-state index in [-0.39, 0.29) is 17.4 Å². The van der Waals surface area contributed by atoms with Crippen LogP contribution in [0.25, 0.3) is 0 Å². The minimum absolute atomic E-state index is 0.0948. The van der Waals surface area contributed by atoms with E-state index in [4.69, 9.17) is 29.6 Å². The first kappa shape index (κ1) is 13.9. The van der Waals surface area contributed by atoms with Crippen molar-refractivity contribution in [1.82, 2.24) is 0 Å². The average molecular weight is 318 g/mol. The summed E-state index contributed by atoms with van der Waals surface area (Å²) < 4.78 is 0. The number of para-hydroxylation sites is 2. The topological polar surface area (TPSA) is 58.4 Å². The van der Waals surface area contributed by atoms with Crippen LogP contribution in [0.3, 0.4) is 0 Å². The minimum Gasteiger partial charge on any atom is -0.389 e. The first-order valence-electron chi connectivity index (χ1n) is 6.32. The van der Waals surface area contributed by atoms with Crippen LogP contribution in [0.5, 0.6) is 0 Å². The summed E-state index contributed by atoms with van der Waals surface area (Å²) in [6.07, 6.45) is 0. The summed E-state index contributed by atoms with van der Waals surface area (Å²) in [6, 6.07) is 13.0. The number of hydrogen-bond donors (Lipinski definition) is 2. The molecule has 6 heteroatoms. The molecule has 0 saturated carbocycles. The van der Waals surface area contributed by atoms with Crippen molar-refractivity contribution in [2.45, 2.75) is 0 Å². The third kappa shape index (κ3) is 2.46. The Bertz CT molecular complexity index is 747. The molecule has 1 amide bonds. The zero-order chi connectivity index (χ0) is 15.0. The van der Waals surface area contributed by atoms with Gasteiger partial charge in [-0.3, -0.25) is 4.79 Å². The van der Waals surface area contributed by atoms with Gasteiger partial charge in [-0.15, -0.1) is 0 Å². The number of nitrogens with two attached hydrogens (primary N) is 1. The van der Waals surface area contributed by atoms with E-state index in [1.54, 1.807) is 6.07 Å². The molecule has 0 saturated heterocycles. The normalized spacial score (nSPS) is 13.6. The van der Waals surface area contributed by atoms with Crippen molar-refractivity contribution in [2.24, 2.45) is 5.73 Å². The fourth-order valence-electron chi connectivity index (χ4n) is 2.43. The van der Waals surface area contributed by atoms with Crippen LogP contribution in [0, 0.1) is 0 Å². The average Bonchev–Trinajstić information content (AvgIpc) is 2.45. The predicted octanol–water partition coefficient (Wildman–Crippen LogP) is 3.06. The fourth-order valence-corrected chi connectivity index (χ4v) is 2.97. The molecule has 106 valence electrons. The number of fused-ring (bicyclic) bond motifs is 1. The molecule has 0 atom stereocenters. The molecule has 1 aliphatic heterocycles. The van der Waals surface area contributed by atoms with Gasteiger partial charge in [0.05, 0.1) is 27.6 Å². The number of carbonyl (C=O) groups is 1. The number of rotatable bonds is 2. The lowest BCUT2D eigenvalue weighted by atomic mass is 10.1. The van der Waals surface area contributed by atoms with Crippen molar-refractivity contribution in [1.29, 1.82) is 0 Å². The summed E-state index contributed by atoms with van der Waals surface area (Å²) in [7, 11) is 0. The number of anilines is 3. The number of nitrogens with zero attached hydrogens (tertiary/aromatic N) is 1. The molecule has 21 heavy (non-hydrogen) atoms. The molecule has 4 nitrogen and oxygen atoms in total. The molecule has 0 unspecified atom stereocenters. The van der Waals surface area contributed by atoms with E-state index >= 15 is 0 Å². The summed E-state index contributed by atoms with van der Waals surface area (Å²) in [5.74, 6) is -0.0948. The van der Waals surface area contributed by atoms with E-state index in [2.05, 4.69) is 5.32 Å². The highest BCUT2D eigenvalue weighted by Crippen LogP contribution is 2.38. The highest BCUT2D eigenvalue weighted by molar-refractivity contribution is 7.80. The van der Waals surface area contributed by atoms with Crippen molar-refractivity contribution in [3.05, 3.63) is 53.1 Å². The van der Waals surface area contributed by atoms with Gasteiger partial charge in [0.2, 0.25) is 5.91 Å². The predicted molar refractivity (Wildman–Crippen MR) is 89.4 cm³/mol. The Morgan fingerprint density at radius 3 is 2.67 bits per heavy atom. The molecular formula is C15H12ClN3OS. The first-order chi connectivity index (χ1) is 10.1. The Balaban J connectivity index is 2.20. The smallest absolute Gasteiger partial charge is 0.244 e. The number of hydrogen-bond acceptors (Lipinski definition) is 3.